The molecule has 0 bridgehead atoms. The third kappa shape index (κ3) is 3.60. The lowest BCUT2D eigenvalue weighted by molar-refractivity contribution is -0.000379. The highest BCUT2D eigenvalue weighted by atomic mass is 16.5. The van der Waals surface area contributed by atoms with E-state index in [9.17, 15) is 4.79 Å². The fourth-order valence-corrected chi connectivity index (χ4v) is 2.64. The summed E-state index contributed by atoms with van der Waals surface area (Å²) in [5.74, 6) is 0.0246. The molecule has 1 amide bonds. The second-order valence-corrected chi connectivity index (χ2v) is 5.57. The summed E-state index contributed by atoms with van der Waals surface area (Å²) in [7, 11) is 3.67. The van der Waals surface area contributed by atoms with E-state index < -0.39 is 0 Å². The molecule has 5 heteroatoms. The Morgan fingerprint density at radius 1 is 1.55 bits per heavy atom. The number of carbonyl (C=O) groups is 1. The van der Waals surface area contributed by atoms with Crippen molar-refractivity contribution in [3.63, 3.8) is 0 Å². The zero-order valence-corrected chi connectivity index (χ0v) is 12.8. The number of aromatic nitrogens is 2. The molecular formula is C15H25N3O2. The van der Waals surface area contributed by atoms with E-state index in [2.05, 4.69) is 12.0 Å². The summed E-state index contributed by atoms with van der Waals surface area (Å²) < 4.78 is 7.38. The van der Waals surface area contributed by atoms with Gasteiger partial charge in [0.25, 0.3) is 5.91 Å². The molecule has 1 aromatic rings. The number of likely N-dealkylation sites (N-methyl/N-ethyl adjacent to an activating group) is 1. The molecule has 0 N–H and O–H groups in total. The lowest BCUT2D eigenvalue weighted by atomic mass is 10.1. The van der Waals surface area contributed by atoms with Crippen LogP contribution in [-0.4, -0.2) is 46.9 Å². The average molecular weight is 279 g/mol. The van der Waals surface area contributed by atoms with Crippen LogP contribution in [0.5, 0.6) is 0 Å². The van der Waals surface area contributed by atoms with Gasteiger partial charge in [0, 0.05) is 27.2 Å². The van der Waals surface area contributed by atoms with Gasteiger partial charge in [0.1, 0.15) is 5.69 Å². The van der Waals surface area contributed by atoms with E-state index in [-0.39, 0.29) is 12.0 Å². The maximum Gasteiger partial charge on any atom is 0.271 e. The minimum absolute atomic E-state index is 0.0246. The molecule has 112 valence electrons. The van der Waals surface area contributed by atoms with Crippen molar-refractivity contribution in [2.75, 3.05) is 20.2 Å². The van der Waals surface area contributed by atoms with Crippen LogP contribution in [0.15, 0.2) is 6.07 Å². The van der Waals surface area contributed by atoms with Crippen molar-refractivity contribution in [3.8, 4) is 0 Å². The molecule has 0 aromatic carbocycles. The van der Waals surface area contributed by atoms with Crippen molar-refractivity contribution in [2.45, 2.75) is 45.1 Å². The Balaban J connectivity index is 1.98. The van der Waals surface area contributed by atoms with Crippen molar-refractivity contribution >= 4 is 5.91 Å². The molecule has 1 aliphatic rings. The summed E-state index contributed by atoms with van der Waals surface area (Å²) in [6.45, 7) is 3.59. The summed E-state index contributed by atoms with van der Waals surface area (Å²) in [5, 5.41) is 4.39. The van der Waals surface area contributed by atoms with E-state index in [1.54, 1.807) is 9.58 Å². The Hall–Kier alpha value is -1.36. The van der Waals surface area contributed by atoms with Crippen molar-refractivity contribution in [3.05, 3.63) is 17.5 Å². The molecular weight excluding hydrogens is 254 g/mol. The Bertz CT molecular complexity index is 450. The van der Waals surface area contributed by atoms with Crippen LogP contribution in [0.25, 0.3) is 0 Å². The Morgan fingerprint density at radius 3 is 3.00 bits per heavy atom. The second-order valence-electron chi connectivity index (χ2n) is 5.57. The molecule has 1 aromatic heterocycles. The molecule has 0 radical (unpaired) electrons. The smallest absolute Gasteiger partial charge is 0.271 e. The lowest BCUT2D eigenvalue weighted by Crippen LogP contribution is -2.37. The third-order valence-electron chi connectivity index (χ3n) is 3.75. The average Bonchev–Trinajstić information content (AvgIpc) is 2.80. The van der Waals surface area contributed by atoms with Gasteiger partial charge in [-0.1, -0.05) is 13.3 Å². The van der Waals surface area contributed by atoms with Gasteiger partial charge >= 0.3 is 0 Å². The SMILES string of the molecule is CCCc1cc(C(=O)N(C)C[C@H]2CCCCO2)n(C)n1. The van der Waals surface area contributed by atoms with E-state index in [1.165, 1.54) is 6.42 Å². The van der Waals surface area contributed by atoms with E-state index in [0.29, 0.717) is 12.2 Å². The van der Waals surface area contributed by atoms with Gasteiger partial charge in [-0.25, -0.2) is 0 Å². The molecule has 0 aliphatic carbocycles. The first-order valence-electron chi connectivity index (χ1n) is 7.51. The Morgan fingerprint density at radius 2 is 2.35 bits per heavy atom. The van der Waals surface area contributed by atoms with Gasteiger partial charge in [0.05, 0.1) is 11.8 Å². The zero-order chi connectivity index (χ0) is 14.5. The second kappa shape index (κ2) is 6.88. The highest BCUT2D eigenvalue weighted by Crippen LogP contribution is 2.15. The number of nitrogens with zero attached hydrogens (tertiary/aromatic N) is 3. The van der Waals surface area contributed by atoms with Gasteiger partial charge < -0.3 is 9.64 Å². The fraction of sp³-hybridized carbons (Fsp3) is 0.733. The quantitative estimate of drug-likeness (QED) is 0.828. The number of rotatable bonds is 5. The summed E-state index contributed by atoms with van der Waals surface area (Å²) in [5.41, 5.74) is 1.65. The Kier molecular flexibility index (Phi) is 5.17. The van der Waals surface area contributed by atoms with Gasteiger partial charge in [0.15, 0.2) is 0 Å². The number of aryl methyl sites for hydroxylation is 2. The van der Waals surface area contributed by atoms with Crippen molar-refractivity contribution < 1.29 is 9.53 Å². The molecule has 0 spiro atoms. The van der Waals surface area contributed by atoms with Gasteiger partial charge in [0.2, 0.25) is 0 Å². The van der Waals surface area contributed by atoms with Crippen molar-refractivity contribution in [2.24, 2.45) is 7.05 Å². The van der Waals surface area contributed by atoms with Crippen LogP contribution in [0.2, 0.25) is 0 Å². The van der Waals surface area contributed by atoms with Crippen LogP contribution in [-0.2, 0) is 18.2 Å². The summed E-state index contributed by atoms with van der Waals surface area (Å²) >= 11 is 0. The first kappa shape index (κ1) is 15.0. The fourth-order valence-electron chi connectivity index (χ4n) is 2.64. The summed E-state index contributed by atoms with van der Waals surface area (Å²) in [6, 6.07) is 1.91. The largest absolute Gasteiger partial charge is 0.376 e. The van der Waals surface area contributed by atoms with E-state index in [1.807, 2.05) is 20.2 Å². The van der Waals surface area contributed by atoms with E-state index >= 15 is 0 Å². The van der Waals surface area contributed by atoms with Gasteiger partial charge in [-0.2, -0.15) is 5.10 Å². The molecule has 5 nitrogen and oxygen atoms in total. The first-order chi connectivity index (χ1) is 9.61. The number of hydrogen-bond acceptors (Lipinski definition) is 3. The minimum Gasteiger partial charge on any atom is -0.376 e. The molecule has 1 atom stereocenters. The number of carbonyl (C=O) groups excluding carboxylic acids is 1. The summed E-state index contributed by atoms with van der Waals surface area (Å²) in [4.78, 5) is 14.2. The third-order valence-corrected chi connectivity index (χ3v) is 3.75. The van der Waals surface area contributed by atoms with Crippen LogP contribution in [0.3, 0.4) is 0 Å². The molecule has 2 rings (SSSR count). The van der Waals surface area contributed by atoms with Crippen molar-refractivity contribution in [1.82, 2.24) is 14.7 Å². The molecule has 1 saturated heterocycles. The number of amides is 1. The maximum absolute atomic E-state index is 12.5. The molecule has 1 fully saturated rings. The topological polar surface area (TPSA) is 47.4 Å². The number of hydrogen-bond donors (Lipinski definition) is 0. The number of ether oxygens (including phenoxy) is 1. The Labute approximate surface area is 120 Å². The van der Waals surface area contributed by atoms with Crippen molar-refractivity contribution in [1.29, 1.82) is 0 Å². The zero-order valence-electron chi connectivity index (χ0n) is 12.8. The van der Waals surface area contributed by atoms with Gasteiger partial charge in [-0.3, -0.25) is 9.48 Å². The van der Waals surface area contributed by atoms with E-state index in [0.717, 1.165) is 38.0 Å². The minimum atomic E-state index is 0.0246. The molecule has 2 heterocycles. The van der Waals surface area contributed by atoms with E-state index in [4.69, 9.17) is 4.74 Å². The van der Waals surface area contributed by atoms with Crippen LogP contribution >= 0.6 is 0 Å². The summed E-state index contributed by atoms with van der Waals surface area (Å²) in [6.07, 6.45) is 5.51. The monoisotopic (exact) mass is 279 g/mol. The highest BCUT2D eigenvalue weighted by Gasteiger charge is 2.22. The standard InChI is InChI=1S/C15H25N3O2/c1-4-7-12-10-14(18(3)16-12)15(19)17(2)11-13-8-5-6-9-20-13/h10,13H,4-9,11H2,1-3H3/t13-/m1/s1. The molecule has 0 saturated carbocycles. The van der Waals surface area contributed by atoms with Crippen LogP contribution < -0.4 is 0 Å². The molecule has 0 unspecified atom stereocenters. The maximum atomic E-state index is 12.5. The van der Waals surface area contributed by atoms with Gasteiger partial charge in [-0.15, -0.1) is 0 Å². The lowest BCUT2D eigenvalue weighted by Gasteiger charge is -2.27. The van der Waals surface area contributed by atoms with Crippen LogP contribution in [0.1, 0.15) is 48.8 Å². The molecule has 1 aliphatic heterocycles. The van der Waals surface area contributed by atoms with Crippen LogP contribution in [0, 0.1) is 0 Å². The first-order valence-corrected chi connectivity index (χ1v) is 7.51. The normalized spacial score (nSPS) is 19.1. The van der Waals surface area contributed by atoms with Crippen LogP contribution in [0.4, 0.5) is 0 Å². The van der Waals surface area contributed by atoms with Gasteiger partial charge in [-0.05, 0) is 31.7 Å². The highest BCUT2D eigenvalue weighted by molar-refractivity contribution is 5.92. The predicted molar refractivity (Wildman–Crippen MR) is 77.8 cm³/mol. The molecule has 20 heavy (non-hydrogen) atoms. The predicted octanol–water partition coefficient (Wildman–Crippen LogP) is 2.01.